The first-order chi connectivity index (χ1) is 18.2. The molecule has 0 spiro atoms. The molecular formula is C34H26O4. The van der Waals surface area contributed by atoms with E-state index in [9.17, 15) is 9.59 Å². The summed E-state index contributed by atoms with van der Waals surface area (Å²) in [5.41, 5.74) is 10.3. The lowest BCUT2D eigenvalue weighted by molar-refractivity contribution is -0.130. The number of benzene rings is 4. The molecule has 0 bridgehead atoms. The standard InChI is InChI=1S/C34H26O4/c1-20(2)33(35)37-27-12-6-23(7-13-27)25-10-16-29-30-17-11-26(19-32(30)22(5)31(29)18-25)24-8-14-28(15-9-24)38-34(36)21(3)4/h6-19H,1,3,5H2,2,4H3. The van der Waals surface area contributed by atoms with Gasteiger partial charge in [-0.2, -0.15) is 0 Å². The van der Waals surface area contributed by atoms with Crippen molar-refractivity contribution in [1.82, 2.24) is 0 Å². The molecule has 1 aliphatic rings. The molecule has 4 heteroatoms. The quantitative estimate of drug-likeness (QED) is 0.135. The van der Waals surface area contributed by atoms with Gasteiger partial charge in [0.2, 0.25) is 0 Å². The van der Waals surface area contributed by atoms with Crippen LogP contribution in [0.15, 0.2) is 116 Å². The second kappa shape index (κ2) is 9.83. The van der Waals surface area contributed by atoms with Gasteiger partial charge in [0, 0.05) is 11.1 Å². The van der Waals surface area contributed by atoms with E-state index in [4.69, 9.17) is 9.47 Å². The Kier molecular flexibility index (Phi) is 6.39. The second-order valence-corrected chi connectivity index (χ2v) is 9.39. The molecule has 5 rings (SSSR count). The topological polar surface area (TPSA) is 52.6 Å². The maximum Gasteiger partial charge on any atom is 0.338 e. The molecule has 4 nitrogen and oxygen atoms in total. The molecule has 0 aliphatic heterocycles. The Morgan fingerprint density at radius 1 is 0.526 bits per heavy atom. The fourth-order valence-corrected chi connectivity index (χ4v) is 4.38. The average molecular weight is 499 g/mol. The van der Waals surface area contributed by atoms with Crippen LogP contribution in [0.1, 0.15) is 25.0 Å². The van der Waals surface area contributed by atoms with Crippen molar-refractivity contribution in [1.29, 1.82) is 0 Å². The number of hydrogen-bond donors (Lipinski definition) is 0. The molecule has 0 saturated heterocycles. The fourth-order valence-electron chi connectivity index (χ4n) is 4.38. The molecule has 4 aromatic rings. The van der Waals surface area contributed by atoms with Crippen molar-refractivity contribution in [2.24, 2.45) is 0 Å². The molecular weight excluding hydrogens is 472 g/mol. The van der Waals surface area contributed by atoms with Crippen LogP contribution >= 0.6 is 0 Å². The molecule has 0 radical (unpaired) electrons. The van der Waals surface area contributed by atoms with Crippen molar-refractivity contribution in [2.45, 2.75) is 13.8 Å². The highest BCUT2D eigenvalue weighted by atomic mass is 16.5. The zero-order valence-electron chi connectivity index (χ0n) is 21.3. The third-order valence-electron chi connectivity index (χ3n) is 6.47. The van der Waals surface area contributed by atoms with Gasteiger partial charge in [-0.05, 0) is 100 Å². The van der Waals surface area contributed by atoms with Crippen LogP contribution in [0.5, 0.6) is 11.5 Å². The first kappa shape index (κ1) is 24.7. The molecule has 0 aromatic heterocycles. The summed E-state index contributed by atoms with van der Waals surface area (Å²) in [5.74, 6) is 0.0836. The molecule has 0 unspecified atom stereocenters. The van der Waals surface area contributed by atoms with Crippen LogP contribution in [0.2, 0.25) is 0 Å². The van der Waals surface area contributed by atoms with E-state index in [1.54, 1.807) is 38.1 Å². The second-order valence-electron chi connectivity index (χ2n) is 9.39. The van der Waals surface area contributed by atoms with E-state index in [2.05, 4.69) is 56.1 Å². The van der Waals surface area contributed by atoms with E-state index >= 15 is 0 Å². The average Bonchev–Trinajstić information content (AvgIpc) is 3.20. The largest absolute Gasteiger partial charge is 0.423 e. The highest BCUT2D eigenvalue weighted by Crippen LogP contribution is 2.46. The van der Waals surface area contributed by atoms with Crippen molar-refractivity contribution in [3.8, 4) is 44.9 Å². The molecule has 186 valence electrons. The SMILES string of the molecule is C=C(C)C(=O)Oc1ccc(-c2ccc3c(c2)C(=C)c2cc(-c4ccc(OC(=O)C(=C)C)cc4)ccc2-3)cc1. The Bertz CT molecular complexity index is 1510. The van der Waals surface area contributed by atoms with Crippen LogP contribution in [0.3, 0.4) is 0 Å². The summed E-state index contributed by atoms with van der Waals surface area (Å²) in [7, 11) is 0. The maximum absolute atomic E-state index is 11.8. The molecule has 0 heterocycles. The van der Waals surface area contributed by atoms with Crippen LogP contribution in [0.4, 0.5) is 0 Å². The third-order valence-corrected chi connectivity index (χ3v) is 6.47. The lowest BCUT2D eigenvalue weighted by Crippen LogP contribution is -2.07. The van der Waals surface area contributed by atoms with Crippen LogP contribution in [-0.4, -0.2) is 11.9 Å². The summed E-state index contributed by atoms with van der Waals surface area (Å²) in [6, 6.07) is 27.6. The number of hydrogen-bond acceptors (Lipinski definition) is 4. The van der Waals surface area contributed by atoms with Crippen molar-refractivity contribution in [3.63, 3.8) is 0 Å². The zero-order valence-corrected chi connectivity index (χ0v) is 21.3. The van der Waals surface area contributed by atoms with E-state index in [1.165, 1.54) is 0 Å². The van der Waals surface area contributed by atoms with Crippen molar-refractivity contribution >= 4 is 17.5 Å². The van der Waals surface area contributed by atoms with Gasteiger partial charge in [-0.25, -0.2) is 9.59 Å². The van der Waals surface area contributed by atoms with Crippen molar-refractivity contribution in [2.75, 3.05) is 0 Å². The molecule has 1 aliphatic carbocycles. The lowest BCUT2D eigenvalue weighted by atomic mass is 9.98. The summed E-state index contributed by atoms with van der Waals surface area (Å²) in [5, 5.41) is 0. The Morgan fingerprint density at radius 2 is 0.868 bits per heavy atom. The normalized spacial score (nSPS) is 11.4. The number of esters is 2. The molecule has 0 fully saturated rings. The van der Waals surface area contributed by atoms with Gasteiger partial charge in [-0.3, -0.25) is 0 Å². The molecule has 38 heavy (non-hydrogen) atoms. The van der Waals surface area contributed by atoms with Gasteiger partial charge in [0.05, 0.1) is 0 Å². The van der Waals surface area contributed by atoms with Gasteiger partial charge in [0.1, 0.15) is 11.5 Å². The minimum Gasteiger partial charge on any atom is -0.423 e. The predicted octanol–water partition coefficient (Wildman–Crippen LogP) is 8.03. The minimum atomic E-state index is -0.439. The van der Waals surface area contributed by atoms with Gasteiger partial charge >= 0.3 is 11.9 Å². The van der Waals surface area contributed by atoms with E-state index in [1.807, 2.05) is 24.3 Å². The van der Waals surface area contributed by atoms with Crippen molar-refractivity contribution in [3.05, 3.63) is 127 Å². The van der Waals surface area contributed by atoms with E-state index in [-0.39, 0.29) is 0 Å². The molecule has 0 atom stereocenters. The van der Waals surface area contributed by atoms with E-state index in [0.717, 1.165) is 50.1 Å². The van der Waals surface area contributed by atoms with Crippen LogP contribution in [-0.2, 0) is 9.59 Å². The Balaban J connectivity index is 1.38. The summed E-state index contributed by atoms with van der Waals surface area (Å²) < 4.78 is 10.6. The van der Waals surface area contributed by atoms with Crippen molar-refractivity contribution < 1.29 is 19.1 Å². The number of ether oxygens (including phenoxy) is 2. The minimum absolute atomic E-state index is 0.357. The van der Waals surface area contributed by atoms with Gasteiger partial charge in [-0.15, -0.1) is 0 Å². The summed E-state index contributed by atoms with van der Waals surface area (Å²) in [4.78, 5) is 23.6. The lowest BCUT2D eigenvalue weighted by Gasteiger charge is -2.08. The first-order valence-corrected chi connectivity index (χ1v) is 12.2. The van der Waals surface area contributed by atoms with Gasteiger partial charge in [0.15, 0.2) is 0 Å². The summed E-state index contributed by atoms with van der Waals surface area (Å²) in [6.07, 6.45) is 0. The highest BCUT2D eigenvalue weighted by Gasteiger charge is 2.23. The van der Waals surface area contributed by atoms with E-state index in [0.29, 0.717) is 22.6 Å². The molecule has 4 aromatic carbocycles. The summed E-state index contributed by atoms with van der Waals surface area (Å²) >= 11 is 0. The predicted molar refractivity (Wildman–Crippen MR) is 152 cm³/mol. The van der Waals surface area contributed by atoms with Crippen LogP contribution < -0.4 is 9.47 Å². The highest BCUT2D eigenvalue weighted by molar-refractivity contribution is 6.02. The maximum atomic E-state index is 11.8. The van der Waals surface area contributed by atoms with Crippen LogP contribution in [0.25, 0.3) is 39.0 Å². The molecule has 0 N–H and O–H groups in total. The number of carbonyl (C=O) groups is 2. The number of carbonyl (C=O) groups excluding carboxylic acids is 2. The Labute approximate surface area is 222 Å². The molecule has 0 amide bonds. The third kappa shape index (κ3) is 4.72. The fraction of sp³-hybridized carbons (Fsp3) is 0.0588. The smallest absolute Gasteiger partial charge is 0.338 e. The van der Waals surface area contributed by atoms with Gasteiger partial charge in [-0.1, -0.05) is 68.3 Å². The zero-order chi connectivity index (χ0) is 27.0. The Morgan fingerprint density at radius 3 is 1.21 bits per heavy atom. The summed E-state index contributed by atoms with van der Waals surface area (Å²) in [6.45, 7) is 14.9. The molecule has 0 saturated carbocycles. The van der Waals surface area contributed by atoms with Crippen LogP contribution in [0, 0.1) is 0 Å². The number of rotatable bonds is 6. The first-order valence-electron chi connectivity index (χ1n) is 12.2. The monoisotopic (exact) mass is 498 g/mol. The van der Waals surface area contributed by atoms with E-state index < -0.39 is 11.9 Å². The number of fused-ring (bicyclic) bond motifs is 3. The van der Waals surface area contributed by atoms with Gasteiger partial charge < -0.3 is 9.47 Å². The van der Waals surface area contributed by atoms with Gasteiger partial charge in [0.25, 0.3) is 0 Å². The Hall–Kier alpha value is -4.96.